The Bertz CT molecular complexity index is 431. The number of ether oxygens (including phenoxy) is 1. The molecule has 1 aliphatic rings. The van der Waals surface area contributed by atoms with Crippen molar-refractivity contribution in [3.8, 4) is 5.75 Å². The molecule has 0 amide bonds. The quantitative estimate of drug-likeness (QED) is 0.833. The van der Waals surface area contributed by atoms with E-state index in [-0.39, 0.29) is 5.75 Å². The van der Waals surface area contributed by atoms with Crippen LogP contribution in [-0.2, 0) is 17.8 Å². The lowest BCUT2D eigenvalue weighted by molar-refractivity contribution is 0.177. The monoisotopic (exact) mass is 279 g/mol. The minimum absolute atomic E-state index is 0.161. The molecule has 0 aromatic carbocycles. The van der Waals surface area contributed by atoms with E-state index < -0.39 is 0 Å². The molecule has 1 aliphatic heterocycles. The maximum Gasteiger partial charge on any atom is 0.160 e. The molecule has 0 unspecified atom stereocenters. The molecular formula is C15H25N3O2. The average Bonchev–Trinajstić information content (AvgIpc) is 2.45. The Labute approximate surface area is 120 Å². The number of nitrogens with zero attached hydrogens (tertiary/aromatic N) is 2. The van der Waals surface area contributed by atoms with E-state index in [1.807, 2.05) is 6.92 Å². The predicted molar refractivity (Wildman–Crippen MR) is 77.7 cm³/mol. The summed E-state index contributed by atoms with van der Waals surface area (Å²) in [7, 11) is 1.60. The van der Waals surface area contributed by atoms with Gasteiger partial charge in [0.15, 0.2) is 5.75 Å². The van der Waals surface area contributed by atoms with Gasteiger partial charge in [0.05, 0.1) is 12.3 Å². The zero-order chi connectivity index (χ0) is 14.4. The number of hydrogen-bond acceptors (Lipinski definition) is 5. The highest BCUT2D eigenvalue weighted by Gasteiger charge is 2.14. The number of methoxy groups -OCH3 is 1. The summed E-state index contributed by atoms with van der Waals surface area (Å²) in [6.45, 7) is 4.44. The third-order valence-electron chi connectivity index (χ3n) is 3.93. The molecule has 5 heteroatoms. The van der Waals surface area contributed by atoms with Crippen LogP contribution in [0.15, 0.2) is 0 Å². The molecule has 2 N–H and O–H groups in total. The summed E-state index contributed by atoms with van der Waals surface area (Å²) in [5, 5.41) is 13.3. The second kappa shape index (κ2) is 7.55. The average molecular weight is 279 g/mol. The summed E-state index contributed by atoms with van der Waals surface area (Å²) in [5.74, 6) is 1.82. The van der Waals surface area contributed by atoms with Crippen molar-refractivity contribution in [1.82, 2.24) is 15.3 Å². The van der Waals surface area contributed by atoms with Gasteiger partial charge in [0.25, 0.3) is 0 Å². The summed E-state index contributed by atoms with van der Waals surface area (Å²) >= 11 is 0. The number of aromatic nitrogens is 2. The Hall–Kier alpha value is -1.20. The van der Waals surface area contributed by atoms with E-state index in [0.717, 1.165) is 37.7 Å². The van der Waals surface area contributed by atoms with Crippen molar-refractivity contribution >= 4 is 0 Å². The third kappa shape index (κ3) is 4.15. The van der Waals surface area contributed by atoms with E-state index in [0.29, 0.717) is 18.0 Å². The van der Waals surface area contributed by atoms with Crippen molar-refractivity contribution in [3.63, 3.8) is 0 Å². The van der Waals surface area contributed by atoms with E-state index >= 15 is 0 Å². The van der Waals surface area contributed by atoms with Crippen LogP contribution in [0.1, 0.15) is 42.9 Å². The summed E-state index contributed by atoms with van der Waals surface area (Å²) in [5.41, 5.74) is 1.24. The Morgan fingerprint density at radius 3 is 2.75 bits per heavy atom. The van der Waals surface area contributed by atoms with Crippen LogP contribution in [0.25, 0.3) is 0 Å². The Morgan fingerprint density at radius 1 is 1.30 bits per heavy atom. The second-order valence-electron chi connectivity index (χ2n) is 5.54. The topological polar surface area (TPSA) is 67.3 Å². The maximum absolute atomic E-state index is 9.87. The smallest absolute Gasteiger partial charge is 0.160 e. The fraction of sp³-hybridized carbons (Fsp3) is 0.733. The first-order valence-electron chi connectivity index (χ1n) is 7.45. The molecule has 0 saturated carbocycles. The highest BCUT2D eigenvalue weighted by Crippen LogP contribution is 2.21. The molecule has 2 heterocycles. The van der Waals surface area contributed by atoms with Crippen LogP contribution in [0, 0.1) is 12.8 Å². The van der Waals surface area contributed by atoms with Crippen LogP contribution < -0.4 is 5.32 Å². The van der Waals surface area contributed by atoms with Crippen LogP contribution in [0.4, 0.5) is 0 Å². The standard InChI is InChI=1S/C15H25N3O2/c1-11-15(19)13(10-20-2)18-14(17-11)5-3-4-12-6-8-16-9-7-12/h12,16,19H,3-10H2,1-2H3. The molecular weight excluding hydrogens is 254 g/mol. The predicted octanol–water partition coefficient (Wildman–Crippen LogP) is 1.96. The van der Waals surface area contributed by atoms with Crippen molar-refractivity contribution in [2.75, 3.05) is 20.2 Å². The molecule has 0 atom stereocenters. The van der Waals surface area contributed by atoms with Crippen LogP contribution >= 0.6 is 0 Å². The molecule has 5 nitrogen and oxygen atoms in total. The van der Waals surface area contributed by atoms with Gasteiger partial charge in [-0.3, -0.25) is 0 Å². The Morgan fingerprint density at radius 2 is 2.05 bits per heavy atom. The number of hydrogen-bond donors (Lipinski definition) is 2. The van der Waals surface area contributed by atoms with Crippen LogP contribution in [-0.4, -0.2) is 35.3 Å². The second-order valence-corrected chi connectivity index (χ2v) is 5.54. The van der Waals surface area contributed by atoms with Crippen LogP contribution in [0.5, 0.6) is 5.75 Å². The minimum atomic E-state index is 0.161. The summed E-state index contributed by atoms with van der Waals surface area (Å²) < 4.78 is 5.06. The fourth-order valence-corrected chi connectivity index (χ4v) is 2.76. The van der Waals surface area contributed by atoms with E-state index in [4.69, 9.17) is 4.74 Å². The molecule has 0 radical (unpaired) electrons. The van der Waals surface area contributed by atoms with Gasteiger partial charge in [0.2, 0.25) is 0 Å². The zero-order valence-corrected chi connectivity index (χ0v) is 12.5. The van der Waals surface area contributed by atoms with Gasteiger partial charge in [-0.05, 0) is 51.6 Å². The van der Waals surface area contributed by atoms with Gasteiger partial charge in [-0.25, -0.2) is 9.97 Å². The largest absolute Gasteiger partial charge is 0.504 e. The van der Waals surface area contributed by atoms with Crippen LogP contribution in [0.3, 0.4) is 0 Å². The van der Waals surface area contributed by atoms with Crippen molar-refractivity contribution in [1.29, 1.82) is 0 Å². The van der Waals surface area contributed by atoms with E-state index in [1.165, 1.54) is 19.3 Å². The zero-order valence-electron chi connectivity index (χ0n) is 12.5. The van der Waals surface area contributed by atoms with E-state index in [9.17, 15) is 5.11 Å². The summed E-state index contributed by atoms with van der Waals surface area (Å²) in [6, 6.07) is 0. The normalized spacial score (nSPS) is 16.5. The van der Waals surface area contributed by atoms with Crippen molar-refractivity contribution in [2.24, 2.45) is 5.92 Å². The SMILES string of the molecule is COCc1nc(CCCC2CCNCC2)nc(C)c1O. The van der Waals surface area contributed by atoms with Gasteiger partial charge < -0.3 is 15.2 Å². The van der Waals surface area contributed by atoms with Gasteiger partial charge in [-0.15, -0.1) is 0 Å². The van der Waals surface area contributed by atoms with Gasteiger partial charge >= 0.3 is 0 Å². The molecule has 0 spiro atoms. The van der Waals surface area contributed by atoms with Gasteiger partial charge in [-0.2, -0.15) is 0 Å². The van der Waals surface area contributed by atoms with E-state index in [1.54, 1.807) is 7.11 Å². The third-order valence-corrected chi connectivity index (χ3v) is 3.93. The highest BCUT2D eigenvalue weighted by molar-refractivity contribution is 5.30. The van der Waals surface area contributed by atoms with Crippen molar-refractivity contribution in [3.05, 3.63) is 17.2 Å². The Balaban J connectivity index is 1.88. The maximum atomic E-state index is 9.87. The fourth-order valence-electron chi connectivity index (χ4n) is 2.76. The summed E-state index contributed by atoms with van der Waals surface area (Å²) in [4.78, 5) is 8.78. The molecule has 1 aromatic rings. The number of aryl methyl sites for hydroxylation is 2. The molecule has 0 aliphatic carbocycles. The number of piperidine rings is 1. The lowest BCUT2D eigenvalue weighted by Crippen LogP contribution is -2.27. The molecule has 1 aromatic heterocycles. The lowest BCUT2D eigenvalue weighted by atomic mass is 9.92. The first kappa shape index (κ1) is 15.2. The van der Waals surface area contributed by atoms with Crippen molar-refractivity contribution in [2.45, 2.75) is 45.6 Å². The molecule has 20 heavy (non-hydrogen) atoms. The number of nitrogens with one attached hydrogen (secondary N) is 1. The summed E-state index contributed by atoms with van der Waals surface area (Å²) in [6.07, 6.45) is 5.79. The molecule has 1 fully saturated rings. The molecule has 1 saturated heterocycles. The van der Waals surface area contributed by atoms with Gasteiger partial charge in [0, 0.05) is 13.5 Å². The van der Waals surface area contributed by atoms with Gasteiger partial charge in [0.1, 0.15) is 11.5 Å². The first-order valence-corrected chi connectivity index (χ1v) is 7.45. The van der Waals surface area contributed by atoms with Crippen LogP contribution in [0.2, 0.25) is 0 Å². The Kier molecular flexibility index (Phi) is 5.73. The highest BCUT2D eigenvalue weighted by atomic mass is 16.5. The van der Waals surface area contributed by atoms with E-state index in [2.05, 4.69) is 15.3 Å². The first-order chi connectivity index (χ1) is 9.70. The number of aromatic hydroxyl groups is 1. The molecule has 112 valence electrons. The molecule has 2 rings (SSSR count). The van der Waals surface area contributed by atoms with Gasteiger partial charge in [-0.1, -0.05) is 0 Å². The lowest BCUT2D eigenvalue weighted by Gasteiger charge is -2.22. The minimum Gasteiger partial charge on any atom is -0.504 e. The number of rotatable bonds is 6. The van der Waals surface area contributed by atoms with Crippen molar-refractivity contribution < 1.29 is 9.84 Å². The molecule has 0 bridgehead atoms.